The van der Waals surface area contributed by atoms with E-state index in [2.05, 4.69) is 15.8 Å². The fraction of sp³-hybridized carbons (Fsp3) is 0.333. The van der Waals surface area contributed by atoms with Crippen molar-refractivity contribution in [1.29, 1.82) is 0 Å². The fourth-order valence-electron chi connectivity index (χ4n) is 1.91. The number of carbonyl (C=O) groups excluding carboxylic acids is 2. The molecule has 0 saturated carbocycles. The number of carbonyl (C=O) groups is 2. The van der Waals surface area contributed by atoms with E-state index in [4.69, 9.17) is 9.99 Å². The fourth-order valence-corrected chi connectivity index (χ4v) is 3.71. The molecule has 1 aromatic carbocycles. The van der Waals surface area contributed by atoms with E-state index in [1.54, 1.807) is 6.08 Å². The number of hydrogen-bond acceptors (Lipinski definition) is 6. The standard InChI is InChI=1S/C15H21AsN2O7/c1-4-5-8-24-10-15(20)18(3)14-9-12(17-11(2)19)6-7-13(14)16(21,22)25-23/h4,6-7,9,23H,1,5,8,10H2,2-3H3,(H,17,19)(H,21,22). The Bertz CT molecular complexity index is 692. The van der Waals surface area contributed by atoms with Crippen LogP contribution in [0.1, 0.15) is 13.3 Å². The van der Waals surface area contributed by atoms with Gasteiger partial charge >= 0.3 is 148 Å². The van der Waals surface area contributed by atoms with Gasteiger partial charge in [0.05, 0.1) is 0 Å². The molecule has 10 heteroatoms. The molecule has 25 heavy (non-hydrogen) atoms. The van der Waals surface area contributed by atoms with E-state index >= 15 is 0 Å². The number of anilines is 2. The van der Waals surface area contributed by atoms with Gasteiger partial charge < -0.3 is 0 Å². The van der Waals surface area contributed by atoms with Crippen LogP contribution in [0, 0.1) is 0 Å². The van der Waals surface area contributed by atoms with Crippen LogP contribution in [0.15, 0.2) is 30.9 Å². The molecule has 3 N–H and O–H groups in total. The molecule has 1 aromatic rings. The minimum absolute atomic E-state index is 0.0163. The second kappa shape index (κ2) is 9.55. The third-order valence-corrected chi connectivity index (χ3v) is 5.67. The van der Waals surface area contributed by atoms with Gasteiger partial charge in [0.15, 0.2) is 0 Å². The van der Waals surface area contributed by atoms with Crippen LogP contribution in [-0.2, 0) is 21.9 Å². The molecule has 0 radical (unpaired) electrons. The first-order valence-electron chi connectivity index (χ1n) is 7.26. The van der Waals surface area contributed by atoms with Gasteiger partial charge in [-0.25, -0.2) is 0 Å². The molecule has 0 bridgehead atoms. The van der Waals surface area contributed by atoms with Crippen molar-refractivity contribution < 1.29 is 31.3 Å². The van der Waals surface area contributed by atoms with Crippen LogP contribution in [0.25, 0.3) is 0 Å². The monoisotopic (exact) mass is 416 g/mol. The molecule has 0 saturated heterocycles. The minimum atomic E-state index is -5.24. The van der Waals surface area contributed by atoms with Gasteiger partial charge in [0.1, 0.15) is 0 Å². The van der Waals surface area contributed by atoms with Crippen LogP contribution in [0.3, 0.4) is 0 Å². The zero-order valence-electron chi connectivity index (χ0n) is 14.0. The van der Waals surface area contributed by atoms with Crippen molar-refractivity contribution in [1.82, 2.24) is 0 Å². The van der Waals surface area contributed by atoms with E-state index in [0.29, 0.717) is 18.7 Å². The van der Waals surface area contributed by atoms with Crippen molar-refractivity contribution in [2.24, 2.45) is 0 Å². The van der Waals surface area contributed by atoms with E-state index in [-0.39, 0.29) is 22.6 Å². The SMILES string of the molecule is C=CCCOCC(=O)N(C)c1cc(NC(C)=O)ccc1[As](=O)(O)OO. The second-order valence-corrected chi connectivity index (χ2v) is 8.61. The Kier molecular flexibility index (Phi) is 8.07. The number of nitrogens with one attached hydrogen (secondary N) is 1. The Morgan fingerprint density at radius 1 is 1.44 bits per heavy atom. The molecule has 1 rings (SSSR count). The summed E-state index contributed by atoms with van der Waals surface area (Å²) in [6.45, 7) is 4.89. The average Bonchev–Trinajstić information content (AvgIpc) is 2.57. The third-order valence-electron chi connectivity index (χ3n) is 3.14. The second-order valence-electron chi connectivity index (χ2n) is 5.07. The van der Waals surface area contributed by atoms with Crippen molar-refractivity contribution in [2.45, 2.75) is 13.3 Å². The number of amides is 2. The van der Waals surface area contributed by atoms with E-state index in [0.717, 1.165) is 4.90 Å². The number of nitrogens with zero attached hydrogens (tertiary/aromatic N) is 1. The van der Waals surface area contributed by atoms with Crippen LogP contribution in [0.4, 0.5) is 11.4 Å². The number of rotatable bonds is 9. The topological polar surface area (TPSA) is 125 Å². The molecule has 0 aromatic heterocycles. The number of benzene rings is 1. The van der Waals surface area contributed by atoms with Gasteiger partial charge in [-0.3, -0.25) is 0 Å². The predicted molar refractivity (Wildman–Crippen MR) is 91.8 cm³/mol. The maximum absolute atomic E-state index is 12.2. The Balaban J connectivity index is 3.14. The summed E-state index contributed by atoms with van der Waals surface area (Å²) in [4.78, 5) is 24.5. The number of hydrogen-bond donors (Lipinski definition) is 3. The zero-order chi connectivity index (χ0) is 19.0. The van der Waals surface area contributed by atoms with Crippen LogP contribution in [0.2, 0.25) is 0 Å². The molecule has 1 atom stereocenters. The Morgan fingerprint density at radius 3 is 2.68 bits per heavy atom. The van der Waals surface area contributed by atoms with E-state index in [1.807, 2.05) is 0 Å². The molecular formula is C15H21AsN2O7. The molecule has 0 heterocycles. The molecular weight excluding hydrogens is 395 g/mol. The molecule has 138 valence electrons. The van der Waals surface area contributed by atoms with Gasteiger partial charge in [0, 0.05) is 0 Å². The van der Waals surface area contributed by atoms with Gasteiger partial charge in [-0.2, -0.15) is 0 Å². The normalized spacial score (nSPS) is 13.0. The van der Waals surface area contributed by atoms with E-state index in [1.165, 1.54) is 32.2 Å². The number of ether oxygens (including phenoxy) is 1. The first-order valence-corrected chi connectivity index (χ1v) is 10.6. The summed E-state index contributed by atoms with van der Waals surface area (Å²) in [5, 5.41) is 11.2. The van der Waals surface area contributed by atoms with Crippen molar-refractivity contribution in [3.05, 3.63) is 30.9 Å². The average molecular weight is 416 g/mol. The van der Waals surface area contributed by atoms with Gasteiger partial charge in [0.2, 0.25) is 0 Å². The zero-order valence-corrected chi connectivity index (χ0v) is 15.8. The Morgan fingerprint density at radius 2 is 2.12 bits per heavy atom. The molecule has 0 aliphatic carbocycles. The molecule has 0 aliphatic rings. The summed E-state index contributed by atoms with van der Waals surface area (Å²) in [6.07, 6.45) is 2.22. The molecule has 0 spiro atoms. The van der Waals surface area contributed by atoms with Crippen LogP contribution >= 0.6 is 0 Å². The van der Waals surface area contributed by atoms with Crippen LogP contribution in [0.5, 0.6) is 0 Å². The summed E-state index contributed by atoms with van der Waals surface area (Å²) in [5.74, 6) is -0.838. The molecule has 1 unspecified atom stereocenters. The molecule has 0 fully saturated rings. The number of likely N-dealkylation sites (N-methyl/N-ethyl adjacent to an activating group) is 1. The van der Waals surface area contributed by atoms with Crippen molar-refractivity contribution in [2.75, 3.05) is 30.5 Å². The van der Waals surface area contributed by atoms with E-state index < -0.39 is 20.1 Å². The van der Waals surface area contributed by atoms with Gasteiger partial charge in [0.25, 0.3) is 0 Å². The first-order chi connectivity index (χ1) is 11.7. The first kappa shape index (κ1) is 21.1. The summed E-state index contributed by atoms with van der Waals surface area (Å²) < 4.78 is 30.5. The molecule has 2 amide bonds. The predicted octanol–water partition coefficient (Wildman–Crippen LogP) is 0.259. The van der Waals surface area contributed by atoms with E-state index in [9.17, 15) is 17.4 Å². The van der Waals surface area contributed by atoms with Crippen molar-refractivity contribution in [3.63, 3.8) is 0 Å². The summed E-state index contributed by atoms with van der Waals surface area (Å²) in [7, 11) is 1.38. The van der Waals surface area contributed by atoms with Gasteiger partial charge in [-0.1, -0.05) is 0 Å². The molecule has 0 aliphatic heterocycles. The Hall–Kier alpha value is -1.90. The summed E-state index contributed by atoms with van der Waals surface area (Å²) >= 11 is -5.24. The summed E-state index contributed by atoms with van der Waals surface area (Å²) in [5.41, 5.74) is 0.328. The quantitative estimate of drug-likeness (QED) is 0.173. The van der Waals surface area contributed by atoms with Crippen LogP contribution in [-0.4, -0.2) is 55.6 Å². The summed E-state index contributed by atoms with van der Waals surface area (Å²) in [6, 6.07) is 3.91. The van der Waals surface area contributed by atoms with Crippen LogP contribution < -0.4 is 14.6 Å². The van der Waals surface area contributed by atoms with Crippen molar-refractivity contribution in [3.8, 4) is 0 Å². The third kappa shape index (κ3) is 6.15. The molecule has 9 nitrogen and oxygen atoms in total. The maximum atomic E-state index is 12.2. The van der Waals surface area contributed by atoms with Crippen molar-refractivity contribution >= 4 is 41.7 Å². The Labute approximate surface area is 148 Å². The van der Waals surface area contributed by atoms with Gasteiger partial charge in [-0.15, -0.1) is 0 Å². The van der Waals surface area contributed by atoms with Gasteiger partial charge in [-0.05, 0) is 0 Å².